The van der Waals surface area contributed by atoms with Crippen LogP contribution in [0.4, 0.5) is 0 Å². The van der Waals surface area contributed by atoms with Gasteiger partial charge >= 0.3 is 0 Å². The molecule has 82 valence electrons. The van der Waals surface area contributed by atoms with E-state index < -0.39 is 0 Å². The van der Waals surface area contributed by atoms with E-state index in [9.17, 15) is 5.11 Å². The first-order valence-electron chi connectivity index (χ1n) is 4.52. The highest BCUT2D eigenvalue weighted by Crippen LogP contribution is 2.29. The van der Waals surface area contributed by atoms with Gasteiger partial charge in [-0.15, -0.1) is 28.1 Å². The molecule has 2 aromatic heterocycles. The summed E-state index contributed by atoms with van der Waals surface area (Å²) in [5, 5.41) is 20.0. The Morgan fingerprint density at radius 3 is 3.00 bits per heavy atom. The molecule has 2 rings (SSSR count). The summed E-state index contributed by atoms with van der Waals surface area (Å²) in [6.45, 7) is 3.60. The zero-order valence-electron chi connectivity index (χ0n) is 8.33. The van der Waals surface area contributed by atoms with Crippen molar-refractivity contribution < 1.29 is 5.11 Å². The van der Waals surface area contributed by atoms with Gasteiger partial charge in [0.1, 0.15) is 0 Å². The molecular weight excluding hydrogens is 242 g/mol. The van der Waals surface area contributed by atoms with E-state index in [0.29, 0.717) is 16.6 Å². The molecule has 0 fully saturated rings. The average Bonchev–Trinajstić information content (AvgIpc) is 2.80. The Bertz CT molecular complexity index is 485. The van der Waals surface area contributed by atoms with E-state index >= 15 is 0 Å². The van der Waals surface area contributed by atoms with Gasteiger partial charge in [-0.1, -0.05) is 23.9 Å². The minimum absolute atomic E-state index is 0.0796. The zero-order chi connectivity index (χ0) is 11.4. The van der Waals surface area contributed by atoms with Crippen molar-refractivity contribution in [3.05, 3.63) is 30.2 Å². The zero-order valence-corrected chi connectivity index (χ0v) is 9.96. The highest BCUT2D eigenvalue weighted by Gasteiger charge is 2.10. The first kappa shape index (κ1) is 11.1. The third-order valence-electron chi connectivity index (χ3n) is 1.73. The monoisotopic (exact) mass is 251 g/mol. The van der Waals surface area contributed by atoms with Crippen LogP contribution in [0.2, 0.25) is 0 Å². The number of hydrogen-bond donors (Lipinski definition) is 1. The van der Waals surface area contributed by atoms with E-state index in [-0.39, 0.29) is 5.88 Å². The summed E-state index contributed by atoms with van der Waals surface area (Å²) in [7, 11) is 0. The lowest BCUT2D eigenvalue weighted by Crippen LogP contribution is -1.94. The van der Waals surface area contributed by atoms with Gasteiger partial charge in [-0.25, -0.2) is 0 Å². The van der Waals surface area contributed by atoms with Gasteiger partial charge in [0, 0.05) is 5.75 Å². The standard InChI is InChI=1S/C10H9N3OS2/c1-2-5-16-10-11-9(14)8(12-13-10)7-4-3-6-15-7/h2-4,6H,1,5H2,(H,11,13,14). The number of thiophene rings is 1. The lowest BCUT2D eigenvalue weighted by molar-refractivity contribution is 0.442. The summed E-state index contributed by atoms with van der Waals surface area (Å²) in [6.07, 6.45) is 1.75. The molecule has 0 aliphatic carbocycles. The first-order chi connectivity index (χ1) is 7.81. The summed E-state index contributed by atoms with van der Waals surface area (Å²) >= 11 is 2.87. The molecule has 6 heteroatoms. The van der Waals surface area contributed by atoms with Gasteiger partial charge in [-0.3, -0.25) is 0 Å². The van der Waals surface area contributed by atoms with Crippen molar-refractivity contribution in [3.63, 3.8) is 0 Å². The van der Waals surface area contributed by atoms with Crippen molar-refractivity contribution in [1.82, 2.24) is 15.2 Å². The Hall–Kier alpha value is -1.40. The molecule has 16 heavy (non-hydrogen) atoms. The maximum atomic E-state index is 9.72. The highest BCUT2D eigenvalue weighted by atomic mass is 32.2. The predicted octanol–water partition coefficient (Wildman–Crippen LogP) is 2.58. The fourth-order valence-corrected chi connectivity index (χ4v) is 2.29. The van der Waals surface area contributed by atoms with Crippen LogP contribution in [0.25, 0.3) is 10.6 Å². The number of nitrogens with zero attached hydrogens (tertiary/aromatic N) is 3. The van der Waals surface area contributed by atoms with Crippen molar-refractivity contribution in [1.29, 1.82) is 0 Å². The van der Waals surface area contributed by atoms with Crippen LogP contribution in [0.3, 0.4) is 0 Å². The Kier molecular flexibility index (Phi) is 3.53. The maximum Gasteiger partial charge on any atom is 0.243 e. The molecule has 0 spiro atoms. The Labute approximate surface area is 101 Å². The third-order valence-corrected chi connectivity index (χ3v) is 3.44. The van der Waals surface area contributed by atoms with Gasteiger partial charge in [0.05, 0.1) is 4.88 Å². The molecule has 2 aromatic rings. The van der Waals surface area contributed by atoms with E-state index in [1.54, 1.807) is 6.08 Å². The molecule has 0 atom stereocenters. The fraction of sp³-hybridized carbons (Fsp3) is 0.100. The van der Waals surface area contributed by atoms with Crippen molar-refractivity contribution in [2.75, 3.05) is 5.75 Å². The van der Waals surface area contributed by atoms with Gasteiger partial charge in [0.25, 0.3) is 0 Å². The second-order valence-electron chi connectivity index (χ2n) is 2.84. The molecule has 1 N–H and O–H groups in total. The van der Waals surface area contributed by atoms with E-state index in [2.05, 4.69) is 21.8 Å². The van der Waals surface area contributed by atoms with Crippen LogP contribution in [0.1, 0.15) is 0 Å². The van der Waals surface area contributed by atoms with Crippen LogP contribution in [0.5, 0.6) is 5.88 Å². The largest absolute Gasteiger partial charge is 0.492 e. The smallest absolute Gasteiger partial charge is 0.243 e. The van der Waals surface area contributed by atoms with Crippen molar-refractivity contribution in [2.24, 2.45) is 0 Å². The number of aromatic nitrogens is 3. The molecule has 0 amide bonds. The van der Waals surface area contributed by atoms with E-state index in [0.717, 1.165) is 4.88 Å². The summed E-state index contributed by atoms with van der Waals surface area (Å²) in [4.78, 5) is 4.83. The molecule has 2 heterocycles. The lowest BCUT2D eigenvalue weighted by atomic mass is 10.3. The fourth-order valence-electron chi connectivity index (χ4n) is 1.07. The maximum absolute atomic E-state index is 9.72. The van der Waals surface area contributed by atoms with Crippen LogP contribution in [-0.2, 0) is 0 Å². The SMILES string of the molecule is C=CCSc1nnc(-c2cccs2)c(O)n1. The average molecular weight is 251 g/mol. The van der Waals surface area contributed by atoms with Crippen molar-refractivity contribution in [2.45, 2.75) is 5.16 Å². The Morgan fingerprint density at radius 1 is 1.50 bits per heavy atom. The molecule has 0 aliphatic rings. The van der Waals surface area contributed by atoms with Crippen LogP contribution >= 0.6 is 23.1 Å². The van der Waals surface area contributed by atoms with E-state index in [1.165, 1.54) is 23.1 Å². The van der Waals surface area contributed by atoms with Gasteiger partial charge in [0.2, 0.25) is 11.0 Å². The molecule has 0 aromatic carbocycles. The number of hydrogen-bond acceptors (Lipinski definition) is 6. The van der Waals surface area contributed by atoms with Crippen LogP contribution in [-0.4, -0.2) is 26.0 Å². The van der Waals surface area contributed by atoms with Crippen molar-refractivity contribution in [3.8, 4) is 16.5 Å². The molecule has 0 radical (unpaired) electrons. The molecule has 0 saturated heterocycles. The summed E-state index contributed by atoms with van der Waals surface area (Å²) in [5.41, 5.74) is 0.429. The number of aromatic hydroxyl groups is 1. The third kappa shape index (κ3) is 2.40. The van der Waals surface area contributed by atoms with Crippen LogP contribution < -0.4 is 0 Å². The second-order valence-corrected chi connectivity index (χ2v) is 4.78. The van der Waals surface area contributed by atoms with E-state index in [4.69, 9.17) is 0 Å². The highest BCUT2D eigenvalue weighted by molar-refractivity contribution is 7.99. The first-order valence-corrected chi connectivity index (χ1v) is 6.39. The molecule has 0 aliphatic heterocycles. The molecule has 4 nitrogen and oxygen atoms in total. The molecule has 0 bridgehead atoms. The summed E-state index contributed by atoms with van der Waals surface area (Å²) < 4.78 is 0. The topological polar surface area (TPSA) is 58.9 Å². The normalized spacial score (nSPS) is 10.2. The molecule has 0 unspecified atom stereocenters. The minimum Gasteiger partial charge on any atom is -0.492 e. The van der Waals surface area contributed by atoms with Crippen LogP contribution in [0.15, 0.2) is 35.3 Å². The van der Waals surface area contributed by atoms with Gasteiger partial charge in [-0.2, -0.15) is 4.98 Å². The predicted molar refractivity (Wildman–Crippen MR) is 65.7 cm³/mol. The number of thioether (sulfide) groups is 1. The van der Waals surface area contributed by atoms with Crippen LogP contribution in [0, 0.1) is 0 Å². The van der Waals surface area contributed by atoms with Gasteiger partial charge in [-0.05, 0) is 11.4 Å². The van der Waals surface area contributed by atoms with E-state index in [1.807, 2.05) is 17.5 Å². The Morgan fingerprint density at radius 2 is 2.38 bits per heavy atom. The Balaban J connectivity index is 2.26. The summed E-state index contributed by atoms with van der Waals surface area (Å²) in [6, 6.07) is 3.76. The van der Waals surface area contributed by atoms with Gasteiger partial charge in [0.15, 0.2) is 5.69 Å². The lowest BCUT2D eigenvalue weighted by Gasteiger charge is -2.00. The van der Waals surface area contributed by atoms with Gasteiger partial charge < -0.3 is 5.11 Å². The molecule has 0 saturated carbocycles. The molecular formula is C10H9N3OS2. The second kappa shape index (κ2) is 5.09. The minimum atomic E-state index is -0.0796. The quantitative estimate of drug-likeness (QED) is 0.668. The number of rotatable bonds is 4. The summed E-state index contributed by atoms with van der Waals surface area (Å²) in [5.74, 6) is 0.614. The van der Waals surface area contributed by atoms with Crippen molar-refractivity contribution >= 4 is 23.1 Å².